The van der Waals surface area contributed by atoms with Gasteiger partial charge in [-0.25, -0.2) is 0 Å². The number of aryl methyl sites for hydroxylation is 1. The fraction of sp³-hybridized carbons (Fsp3) is 0.154. The molecule has 0 aliphatic carbocycles. The topological polar surface area (TPSA) is 54.5 Å². The van der Waals surface area contributed by atoms with Gasteiger partial charge in [0.1, 0.15) is 5.69 Å². The monoisotopic (exact) mass is 258 g/mol. The Hall–Kier alpha value is -1.94. The molecule has 4 nitrogen and oxygen atoms in total. The molecule has 0 aliphatic heterocycles. The Morgan fingerprint density at radius 1 is 1.17 bits per heavy atom. The van der Waals surface area contributed by atoms with Crippen LogP contribution in [0.2, 0.25) is 5.02 Å². The van der Waals surface area contributed by atoms with Crippen molar-refractivity contribution in [2.24, 2.45) is 0 Å². The SMILES string of the molecule is CCc1[nH]nc2nnc(-c3ccccc3)c(Cl)c12. The molecule has 2 aromatic heterocycles. The predicted octanol–water partition coefficient (Wildman–Crippen LogP) is 3.24. The predicted molar refractivity (Wildman–Crippen MR) is 71.5 cm³/mol. The van der Waals surface area contributed by atoms with Crippen LogP contribution in [0, 0.1) is 0 Å². The first-order valence-electron chi connectivity index (χ1n) is 5.75. The third-order valence-corrected chi connectivity index (χ3v) is 3.26. The summed E-state index contributed by atoms with van der Waals surface area (Å²) >= 11 is 6.44. The largest absolute Gasteiger partial charge is 0.280 e. The van der Waals surface area contributed by atoms with Crippen LogP contribution in [0.4, 0.5) is 0 Å². The first-order chi connectivity index (χ1) is 8.81. The minimum absolute atomic E-state index is 0.566. The second-order valence-electron chi connectivity index (χ2n) is 3.98. The molecule has 0 fully saturated rings. The van der Waals surface area contributed by atoms with E-state index in [4.69, 9.17) is 11.6 Å². The molecule has 1 aromatic carbocycles. The van der Waals surface area contributed by atoms with Crippen LogP contribution < -0.4 is 0 Å². The maximum absolute atomic E-state index is 6.44. The molecule has 0 amide bonds. The maximum Gasteiger partial charge on any atom is 0.204 e. The highest BCUT2D eigenvalue weighted by Gasteiger charge is 2.15. The van der Waals surface area contributed by atoms with Gasteiger partial charge in [0, 0.05) is 11.3 Å². The maximum atomic E-state index is 6.44. The van der Waals surface area contributed by atoms with Crippen LogP contribution in [-0.2, 0) is 6.42 Å². The molecule has 0 aliphatic rings. The third-order valence-electron chi connectivity index (χ3n) is 2.90. The number of fused-ring (bicyclic) bond motifs is 1. The zero-order chi connectivity index (χ0) is 12.5. The van der Waals surface area contributed by atoms with Crippen molar-refractivity contribution in [2.75, 3.05) is 0 Å². The Morgan fingerprint density at radius 2 is 1.94 bits per heavy atom. The van der Waals surface area contributed by atoms with Gasteiger partial charge in [-0.2, -0.15) is 5.10 Å². The molecule has 0 saturated heterocycles. The molecule has 3 rings (SSSR count). The number of aromatic amines is 1. The quantitative estimate of drug-likeness (QED) is 0.768. The van der Waals surface area contributed by atoms with Gasteiger partial charge in [-0.1, -0.05) is 48.9 Å². The van der Waals surface area contributed by atoms with Crippen LogP contribution in [0.1, 0.15) is 12.6 Å². The Morgan fingerprint density at radius 3 is 2.67 bits per heavy atom. The van der Waals surface area contributed by atoms with E-state index in [1.165, 1.54) is 0 Å². The molecular formula is C13H11ClN4. The number of rotatable bonds is 2. The number of nitrogens with one attached hydrogen (secondary N) is 1. The van der Waals surface area contributed by atoms with Gasteiger partial charge in [-0.05, 0) is 6.42 Å². The second-order valence-corrected chi connectivity index (χ2v) is 4.36. The summed E-state index contributed by atoms with van der Waals surface area (Å²) in [5.41, 5.74) is 3.21. The first kappa shape index (κ1) is 11.2. The normalized spacial score (nSPS) is 11.0. The molecule has 5 heteroatoms. The number of benzene rings is 1. The number of hydrogen-bond acceptors (Lipinski definition) is 3. The fourth-order valence-corrected chi connectivity index (χ4v) is 2.31. The van der Waals surface area contributed by atoms with Crippen LogP contribution >= 0.6 is 11.6 Å². The molecule has 2 heterocycles. The zero-order valence-electron chi connectivity index (χ0n) is 9.81. The molecule has 0 atom stereocenters. The average Bonchev–Trinajstić information content (AvgIpc) is 2.84. The lowest BCUT2D eigenvalue weighted by Crippen LogP contribution is -1.91. The summed E-state index contributed by atoms with van der Waals surface area (Å²) in [7, 11) is 0. The van der Waals surface area contributed by atoms with E-state index in [-0.39, 0.29) is 0 Å². The molecule has 0 spiro atoms. The summed E-state index contributed by atoms with van der Waals surface area (Å²) in [6, 6.07) is 9.79. The lowest BCUT2D eigenvalue weighted by Gasteiger charge is -2.03. The summed E-state index contributed by atoms with van der Waals surface area (Å²) < 4.78 is 0. The van der Waals surface area contributed by atoms with Crippen molar-refractivity contribution in [2.45, 2.75) is 13.3 Å². The molecule has 0 radical (unpaired) electrons. The first-order valence-corrected chi connectivity index (χ1v) is 6.13. The van der Waals surface area contributed by atoms with Gasteiger partial charge in [0.25, 0.3) is 0 Å². The average molecular weight is 259 g/mol. The highest BCUT2D eigenvalue weighted by molar-refractivity contribution is 6.37. The Kier molecular flexibility index (Phi) is 2.72. The van der Waals surface area contributed by atoms with Gasteiger partial charge in [-0.15, -0.1) is 10.2 Å². The third kappa shape index (κ3) is 1.66. The van der Waals surface area contributed by atoms with E-state index in [2.05, 4.69) is 20.4 Å². The van der Waals surface area contributed by atoms with Crippen molar-refractivity contribution in [3.05, 3.63) is 41.0 Å². The molecule has 18 heavy (non-hydrogen) atoms. The second kappa shape index (κ2) is 4.38. The molecule has 3 aromatic rings. The van der Waals surface area contributed by atoms with Crippen molar-refractivity contribution >= 4 is 22.6 Å². The highest BCUT2D eigenvalue weighted by Crippen LogP contribution is 2.32. The zero-order valence-corrected chi connectivity index (χ0v) is 10.6. The van der Waals surface area contributed by atoms with E-state index >= 15 is 0 Å². The van der Waals surface area contributed by atoms with E-state index in [0.29, 0.717) is 16.4 Å². The summed E-state index contributed by atoms with van der Waals surface area (Å²) in [6.07, 6.45) is 0.830. The number of halogens is 1. The lowest BCUT2D eigenvalue weighted by molar-refractivity contribution is 0.973. The number of hydrogen-bond donors (Lipinski definition) is 1. The Bertz CT molecular complexity index is 691. The van der Waals surface area contributed by atoms with E-state index in [9.17, 15) is 0 Å². The van der Waals surface area contributed by atoms with E-state index in [1.54, 1.807) is 0 Å². The number of nitrogens with zero attached hydrogens (tertiary/aromatic N) is 3. The van der Waals surface area contributed by atoms with Gasteiger partial charge in [0.2, 0.25) is 5.65 Å². The fourth-order valence-electron chi connectivity index (χ4n) is 1.97. The van der Waals surface area contributed by atoms with Gasteiger partial charge in [-0.3, -0.25) is 5.10 Å². The molecule has 0 bridgehead atoms. The minimum atomic E-state index is 0.566. The van der Waals surface area contributed by atoms with Crippen LogP contribution in [-0.4, -0.2) is 20.4 Å². The summed E-state index contributed by atoms with van der Waals surface area (Å²) in [5.74, 6) is 0. The summed E-state index contributed by atoms with van der Waals surface area (Å²) in [5, 5.41) is 16.8. The van der Waals surface area contributed by atoms with E-state index < -0.39 is 0 Å². The van der Waals surface area contributed by atoms with Gasteiger partial charge in [0.15, 0.2) is 0 Å². The number of H-pyrrole nitrogens is 1. The van der Waals surface area contributed by atoms with Crippen LogP contribution in [0.3, 0.4) is 0 Å². The molecule has 1 N–H and O–H groups in total. The highest BCUT2D eigenvalue weighted by atomic mass is 35.5. The van der Waals surface area contributed by atoms with E-state index in [0.717, 1.165) is 23.1 Å². The molecule has 0 saturated carbocycles. The molecular weight excluding hydrogens is 248 g/mol. The van der Waals surface area contributed by atoms with Crippen molar-refractivity contribution < 1.29 is 0 Å². The van der Waals surface area contributed by atoms with Crippen molar-refractivity contribution in [1.82, 2.24) is 20.4 Å². The molecule has 90 valence electrons. The number of aromatic nitrogens is 4. The minimum Gasteiger partial charge on any atom is -0.280 e. The summed E-state index contributed by atoms with van der Waals surface area (Å²) in [4.78, 5) is 0. The van der Waals surface area contributed by atoms with Gasteiger partial charge < -0.3 is 0 Å². The Labute approximate surface area is 109 Å². The smallest absolute Gasteiger partial charge is 0.204 e. The van der Waals surface area contributed by atoms with Gasteiger partial charge >= 0.3 is 0 Å². The van der Waals surface area contributed by atoms with Crippen LogP contribution in [0.25, 0.3) is 22.3 Å². The van der Waals surface area contributed by atoms with Crippen molar-refractivity contribution in [3.8, 4) is 11.3 Å². The van der Waals surface area contributed by atoms with Gasteiger partial charge in [0.05, 0.1) is 10.4 Å². The lowest BCUT2D eigenvalue weighted by atomic mass is 10.1. The van der Waals surface area contributed by atoms with Crippen molar-refractivity contribution in [1.29, 1.82) is 0 Å². The summed E-state index contributed by atoms with van der Waals surface area (Å²) in [6.45, 7) is 2.05. The molecule has 0 unspecified atom stereocenters. The standard InChI is InChI=1S/C13H11ClN4/c1-2-9-10-11(14)12(8-6-4-3-5-7-8)16-18-13(10)17-15-9/h3-7H,2H2,1H3,(H,15,17,18). The van der Waals surface area contributed by atoms with Crippen LogP contribution in [0.5, 0.6) is 0 Å². The van der Waals surface area contributed by atoms with Crippen molar-refractivity contribution in [3.63, 3.8) is 0 Å². The van der Waals surface area contributed by atoms with E-state index in [1.807, 2.05) is 37.3 Å². The van der Waals surface area contributed by atoms with Crippen LogP contribution in [0.15, 0.2) is 30.3 Å². The Balaban J connectivity index is 2.29.